The maximum absolute atomic E-state index is 12.7. The first-order valence-corrected chi connectivity index (χ1v) is 11.6. The number of aryl methyl sites for hydroxylation is 1. The van der Waals surface area contributed by atoms with Crippen molar-refractivity contribution in [1.29, 1.82) is 0 Å². The summed E-state index contributed by atoms with van der Waals surface area (Å²) in [6.45, 7) is 4.01. The van der Waals surface area contributed by atoms with Crippen LogP contribution < -0.4 is 15.5 Å². The first-order chi connectivity index (χ1) is 14.3. The first kappa shape index (κ1) is 23.7. The number of nitrogens with one attached hydrogen (secondary N) is 2. The lowest BCUT2D eigenvalue weighted by molar-refractivity contribution is 0.0707. The van der Waals surface area contributed by atoms with Gasteiger partial charge in [-0.15, -0.1) is 0 Å². The third-order valence-electron chi connectivity index (χ3n) is 4.08. The topological polar surface area (TPSA) is 105 Å². The molecule has 0 atom stereocenters. The molecule has 0 radical (unpaired) electrons. The van der Waals surface area contributed by atoms with E-state index in [1.807, 2.05) is 6.92 Å². The first-order valence-electron chi connectivity index (χ1n) is 9.18. The number of halogens is 1. The van der Waals surface area contributed by atoms with E-state index in [4.69, 9.17) is 9.94 Å². The van der Waals surface area contributed by atoms with Crippen molar-refractivity contribution < 1.29 is 23.2 Å². The van der Waals surface area contributed by atoms with E-state index in [-0.39, 0.29) is 17.1 Å². The molecule has 0 saturated heterocycles. The van der Waals surface area contributed by atoms with Crippen LogP contribution in [0.25, 0.3) is 0 Å². The Morgan fingerprint density at radius 2 is 1.90 bits per heavy atom. The van der Waals surface area contributed by atoms with Gasteiger partial charge in [-0.25, -0.2) is 13.9 Å². The van der Waals surface area contributed by atoms with Crippen molar-refractivity contribution in [3.05, 3.63) is 52.0 Å². The fraction of sp³-hybridized carbons (Fsp3) is 0.286. The van der Waals surface area contributed by atoms with Gasteiger partial charge in [0.15, 0.2) is 9.84 Å². The molecule has 0 aliphatic rings. The molecule has 0 spiro atoms. The molecule has 0 heterocycles. The van der Waals surface area contributed by atoms with Crippen molar-refractivity contribution in [3.63, 3.8) is 0 Å². The Morgan fingerprint density at radius 3 is 2.53 bits per heavy atom. The van der Waals surface area contributed by atoms with Crippen LogP contribution in [0.2, 0.25) is 0 Å². The van der Waals surface area contributed by atoms with Gasteiger partial charge in [-0.1, -0.05) is 34.7 Å². The van der Waals surface area contributed by atoms with Gasteiger partial charge < -0.3 is 10.1 Å². The number of amides is 1. The molecule has 0 aliphatic carbocycles. The molecule has 2 aromatic carbocycles. The smallest absolute Gasteiger partial charge is 0.276 e. The van der Waals surface area contributed by atoms with E-state index in [0.717, 1.165) is 12.8 Å². The van der Waals surface area contributed by atoms with Crippen molar-refractivity contribution in [3.8, 4) is 17.6 Å². The molecular formula is C21H23BrN2O5S. The minimum Gasteiger partial charge on any atom is -0.481 e. The molecule has 0 aromatic heterocycles. The van der Waals surface area contributed by atoms with Crippen LogP contribution in [0.1, 0.15) is 35.7 Å². The van der Waals surface area contributed by atoms with Crippen LogP contribution in [0, 0.1) is 18.8 Å². The standard InChI is InChI=1S/C21H23BrN2O5S/c1-3-4-5-6-11-29-17-7-9-18(10-8-17)30(27,28)14-23-20-15(2)12-16(22)13-19(20)21(25)24-26/h7-10,12-13,23,26H,3-4,11,14H2,1-2H3,(H,24,25). The highest BCUT2D eigenvalue weighted by atomic mass is 79.9. The number of sulfone groups is 1. The van der Waals surface area contributed by atoms with Crippen molar-refractivity contribution in [2.75, 3.05) is 17.8 Å². The van der Waals surface area contributed by atoms with E-state index < -0.39 is 21.6 Å². The Morgan fingerprint density at radius 1 is 1.20 bits per heavy atom. The SMILES string of the molecule is CCCC#CCOc1ccc(S(=O)(=O)CNc2c(C)cc(Br)cc2C(=O)NO)cc1. The van der Waals surface area contributed by atoms with E-state index >= 15 is 0 Å². The number of anilines is 1. The molecule has 3 N–H and O–H groups in total. The number of hydrogen-bond acceptors (Lipinski definition) is 6. The number of hydroxylamine groups is 1. The van der Waals surface area contributed by atoms with Crippen molar-refractivity contribution >= 4 is 37.4 Å². The van der Waals surface area contributed by atoms with E-state index in [0.29, 0.717) is 21.5 Å². The quantitative estimate of drug-likeness (QED) is 0.292. The summed E-state index contributed by atoms with van der Waals surface area (Å²) in [6.07, 6.45) is 1.80. The molecule has 0 aliphatic heterocycles. The number of carbonyl (C=O) groups excluding carboxylic acids is 1. The zero-order valence-electron chi connectivity index (χ0n) is 16.7. The average molecular weight is 495 g/mol. The Labute approximate surface area is 184 Å². The van der Waals surface area contributed by atoms with E-state index in [9.17, 15) is 13.2 Å². The van der Waals surface area contributed by atoms with E-state index in [1.54, 1.807) is 30.6 Å². The third-order valence-corrected chi connectivity index (χ3v) is 6.05. The molecule has 0 unspecified atom stereocenters. The van der Waals surface area contributed by atoms with Crippen molar-refractivity contribution in [1.82, 2.24) is 5.48 Å². The molecule has 0 bridgehead atoms. The second-order valence-corrected chi connectivity index (χ2v) is 9.29. The predicted molar refractivity (Wildman–Crippen MR) is 118 cm³/mol. The molecule has 1 amide bonds. The fourth-order valence-corrected chi connectivity index (χ4v) is 4.22. The van der Waals surface area contributed by atoms with Crippen molar-refractivity contribution in [2.45, 2.75) is 31.6 Å². The molecule has 9 heteroatoms. The highest BCUT2D eigenvalue weighted by molar-refractivity contribution is 9.10. The summed E-state index contributed by atoms with van der Waals surface area (Å²) in [5, 5.41) is 11.8. The van der Waals surface area contributed by atoms with Gasteiger partial charge in [0.2, 0.25) is 0 Å². The number of carbonyl (C=O) groups is 1. The minimum absolute atomic E-state index is 0.113. The lowest BCUT2D eigenvalue weighted by Gasteiger charge is -2.15. The number of benzene rings is 2. The van der Waals surface area contributed by atoms with Gasteiger partial charge in [0, 0.05) is 10.9 Å². The highest BCUT2D eigenvalue weighted by Gasteiger charge is 2.19. The van der Waals surface area contributed by atoms with Gasteiger partial charge >= 0.3 is 0 Å². The zero-order valence-corrected chi connectivity index (χ0v) is 19.1. The van der Waals surface area contributed by atoms with Gasteiger partial charge in [-0.05, 0) is 55.3 Å². The third kappa shape index (κ3) is 6.49. The Kier molecular flexibility index (Phi) is 8.72. The average Bonchev–Trinajstić information content (AvgIpc) is 2.72. The normalized spacial score (nSPS) is 10.7. The fourth-order valence-electron chi connectivity index (χ4n) is 2.59. The van der Waals surface area contributed by atoms with Crippen LogP contribution in [0.15, 0.2) is 45.8 Å². The molecule has 2 aromatic rings. The molecule has 7 nitrogen and oxygen atoms in total. The summed E-state index contributed by atoms with van der Waals surface area (Å²) in [4.78, 5) is 12.0. The summed E-state index contributed by atoms with van der Waals surface area (Å²) in [5.41, 5.74) is 2.65. The lowest BCUT2D eigenvalue weighted by atomic mass is 10.1. The van der Waals surface area contributed by atoms with E-state index in [2.05, 4.69) is 33.1 Å². The second-order valence-electron chi connectivity index (χ2n) is 6.39. The Bertz CT molecular complexity index is 1060. The number of hydrogen-bond donors (Lipinski definition) is 3. The van der Waals surface area contributed by atoms with Gasteiger partial charge in [0.1, 0.15) is 18.2 Å². The summed E-state index contributed by atoms with van der Waals surface area (Å²) >= 11 is 3.28. The van der Waals surface area contributed by atoms with Crippen LogP contribution in [0.5, 0.6) is 5.75 Å². The van der Waals surface area contributed by atoms with Gasteiger partial charge in [0.05, 0.1) is 16.1 Å². The lowest BCUT2D eigenvalue weighted by Crippen LogP contribution is -2.23. The zero-order chi connectivity index (χ0) is 22.1. The summed E-state index contributed by atoms with van der Waals surface area (Å²) in [5.74, 6) is 5.22. The molecule has 0 saturated carbocycles. The molecule has 160 valence electrons. The van der Waals surface area contributed by atoms with Crippen LogP contribution in [-0.4, -0.2) is 32.0 Å². The summed E-state index contributed by atoms with van der Waals surface area (Å²) < 4.78 is 31.5. The van der Waals surface area contributed by atoms with Gasteiger partial charge in [-0.3, -0.25) is 10.0 Å². The van der Waals surface area contributed by atoms with Crippen LogP contribution in [0.3, 0.4) is 0 Å². The highest BCUT2D eigenvalue weighted by Crippen LogP contribution is 2.27. The Balaban J connectivity index is 2.11. The molecule has 30 heavy (non-hydrogen) atoms. The monoisotopic (exact) mass is 494 g/mol. The second kappa shape index (κ2) is 11.0. The molecule has 0 fully saturated rings. The largest absolute Gasteiger partial charge is 0.481 e. The minimum atomic E-state index is -3.68. The Hall–Kier alpha value is -2.54. The van der Waals surface area contributed by atoms with Gasteiger partial charge in [0.25, 0.3) is 5.91 Å². The van der Waals surface area contributed by atoms with Gasteiger partial charge in [-0.2, -0.15) is 0 Å². The van der Waals surface area contributed by atoms with Crippen molar-refractivity contribution in [2.24, 2.45) is 0 Å². The van der Waals surface area contributed by atoms with Crippen LogP contribution in [-0.2, 0) is 9.84 Å². The maximum atomic E-state index is 12.7. The summed E-state index contributed by atoms with van der Waals surface area (Å²) in [7, 11) is -3.68. The van der Waals surface area contributed by atoms with E-state index in [1.165, 1.54) is 18.2 Å². The number of unbranched alkanes of at least 4 members (excludes halogenated alkanes) is 1. The number of rotatable bonds is 8. The molecule has 2 rings (SSSR count). The summed E-state index contributed by atoms with van der Waals surface area (Å²) in [6, 6.07) is 9.29. The molecular weight excluding hydrogens is 472 g/mol. The maximum Gasteiger partial charge on any atom is 0.276 e. The predicted octanol–water partition coefficient (Wildman–Crippen LogP) is 3.90. The van der Waals surface area contributed by atoms with Crippen LogP contribution >= 0.6 is 15.9 Å². The van der Waals surface area contributed by atoms with Crippen LogP contribution in [0.4, 0.5) is 5.69 Å². The number of ether oxygens (including phenoxy) is 1.